The van der Waals surface area contributed by atoms with Crippen LogP contribution >= 0.6 is 0 Å². The number of ether oxygens (including phenoxy) is 2. The van der Waals surface area contributed by atoms with Crippen LogP contribution in [0.3, 0.4) is 0 Å². The van der Waals surface area contributed by atoms with E-state index in [1.807, 2.05) is 0 Å². The summed E-state index contributed by atoms with van der Waals surface area (Å²) in [4.78, 5) is 30.9. The quantitative estimate of drug-likeness (QED) is 0.156. The zero-order valence-electron chi connectivity index (χ0n) is 20.5. The van der Waals surface area contributed by atoms with Crippen LogP contribution in [-0.2, 0) is 26.9 Å². The molecule has 0 spiro atoms. The Hall–Kier alpha value is -4.95. The van der Waals surface area contributed by atoms with Gasteiger partial charge in [-0.15, -0.1) is 10.2 Å². The molecule has 10 nitrogen and oxygen atoms in total. The molecule has 206 valence electrons. The maximum atomic E-state index is 14.7. The van der Waals surface area contributed by atoms with Crippen LogP contribution in [0.5, 0.6) is 5.75 Å². The van der Waals surface area contributed by atoms with Gasteiger partial charge < -0.3 is 13.9 Å². The van der Waals surface area contributed by atoms with Crippen molar-refractivity contribution in [3.8, 4) is 28.5 Å². The minimum absolute atomic E-state index is 0.00770. The Morgan fingerprint density at radius 1 is 0.975 bits per heavy atom. The fourth-order valence-electron chi connectivity index (χ4n) is 4.02. The first kappa shape index (κ1) is 26.6. The number of rotatable bonds is 6. The molecule has 4 aromatic heterocycles. The average Bonchev–Trinajstić information content (AvgIpc) is 3.54. The Bertz CT molecular complexity index is 1750. The minimum atomic E-state index is -5.96. The molecule has 0 amide bonds. The van der Waals surface area contributed by atoms with Gasteiger partial charge in [0.1, 0.15) is 29.3 Å². The first-order valence-electron chi connectivity index (χ1n) is 11.4. The Morgan fingerprint density at radius 3 is 2.30 bits per heavy atom. The van der Waals surface area contributed by atoms with Gasteiger partial charge in [0.2, 0.25) is 6.39 Å². The maximum Gasteiger partial charge on any atom is 0.459 e. The second kappa shape index (κ2) is 9.66. The third kappa shape index (κ3) is 4.69. The van der Waals surface area contributed by atoms with Gasteiger partial charge in [-0.3, -0.25) is 14.0 Å². The van der Waals surface area contributed by atoms with Gasteiger partial charge >= 0.3 is 24.0 Å². The molecule has 40 heavy (non-hydrogen) atoms. The van der Waals surface area contributed by atoms with Crippen LogP contribution in [0.1, 0.15) is 25.2 Å². The van der Waals surface area contributed by atoms with E-state index in [0.29, 0.717) is 6.07 Å². The lowest BCUT2D eigenvalue weighted by molar-refractivity contribution is -0.290. The van der Waals surface area contributed by atoms with Crippen molar-refractivity contribution in [1.29, 1.82) is 0 Å². The van der Waals surface area contributed by atoms with E-state index in [1.165, 1.54) is 47.7 Å². The minimum Gasteiger partial charge on any atom is -0.459 e. The van der Waals surface area contributed by atoms with Crippen LogP contribution in [0.15, 0.2) is 53.3 Å². The monoisotopic (exact) mass is 561 g/mol. The molecule has 15 heteroatoms. The molecule has 0 aliphatic carbocycles. The van der Waals surface area contributed by atoms with Gasteiger partial charge in [-0.1, -0.05) is 12.1 Å². The van der Waals surface area contributed by atoms with Crippen molar-refractivity contribution in [2.45, 2.75) is 32.6 Å². The SMILES string of the molecule is CC(=O)OCc1c(-c2nnco2)nc2ccc3c(-c4ccc(OC(C)=O)cc4)cc(C(F)(F)C(F)(F)F)nc3n12. The fraction of sp³-hybridized carbons (Fsp3) is 0.200. The number of halogens is 5. The Labute approximate surface area is 220 Å². The molecule has 0 aliphatic rings. The number of aromatic nitrogens is 5. The molecule has 0 bridgehead atoms. The first-order valence-corrected chi connectivity index (χ1v) is 11.4. The number of benzene rings is 1. The summed E-state index contributed by atoms with van der Waals surface area (Å²) in [7, 11) is 0. The number of carbonyl (C=O) groups excluding carboxylic acids is 2. The van der Waals surface area contributed by atoms with Crippen LogP contribution < -0.4 is 4.74 Å². The lowest BCUT2D eigenvalue weighted by Crippen LogP contribution is -2.34. The third-order valence-corrected chi connectivity index (χ3v) is 5.73. The van der Waals surface area contributed by atoms with E-state index in [9.17, 15) is 31.5 Å². The second-order valence-corrected chi connectivity index (χ2v) is 8.44. The number of pyridine rings is 2. The standard InChI is InChI=1S/C25H16F5N5O5/c1-12(36)38-10-18-21(23-34-31-11-39-23)33-20-8-7-16-17(14-3-5-15(6-4-14)40-13(2)37)9-19(32-22(16)35(18)20)24(26,27)25(28,29)30/h3-9,11H,10H2,1-2H3. The summed E-state index contributed by atoms with van der Waals surface area (Å²) < 4.78 is 86.3. The summed E-state index contributed by atoms with van der Waals surface area (Å²) >= 11 is 0. The number of hydrogen-bond acceptors (Lipinski definition) is 9. The summed E-state index contributed by atoms with van der Waals surface area (Å²) in [5.74, 6) is -6.61. The summed E-state index contributed by atoms with van der Waals surface area (Å²) in [6, 6.07) is 9.07. The smallest absolute Gasteiger partial charge is 0.459 e. The van der Waals surface area contributed by atoms with Crippen LogP contribution in [0.2, 0.25) is 0 Å². The lowest BCUT2D eigenvalue weighted by Gasteiger charge is -2.21. The van der Waals surface area contributed by atoms with Gasteiger partial charge in [0.25, 0.3) is 5.89 Å². The highest BCUT2D eigenvalue weighted by molar-refractivity contribution is 5.95. The van der Waals surface area contributed by atoms with Crippen LogP contribution in [-0.4, -0.2) is 42.7 Å². The number of alkyl halides is 5. The van der Waals surface area contributed by atoms with Crippen molar-refractivity contribution < 1.29 is 45.4 Å². The first-order chi connectivity index (χ1) is 18.9. The van der Waals surface area contributed by atoms with Gasteiger partial charge in [-0.05, 0) is 41.5 Å². The second-order valence-electron chi connectivity index (χ2n) is 8.44. The Morgan fingerprint density at radius 2 is 1.70 bits per heavy atom. The lowest BCUT2D eigenvalue weighted by atomic mass is 10.00. The maximum absolute atomic E-state index is 14.7. The molecule has 0 unspecified atom stereocenters. The number of fused-ring (bicyclic) bond motifs is 3. The molecule has 0 atom stereocenters. The molecule has 0 saturated heterocycles. The van der Waals surface area contributed by atoms with E-state index < -0.39 is 36.3 Å². The average molecular weight is 561 g/mol. The van der Waals surface area contributed by atoms with E-state index in [0.717, 1.165) is 13.3 Å². The van der Waals surface area contributed by atoms with Gasteiger partial charge in [-0.2, -0.15) is 22.0 Å². The summed E-state index contributed by atoms with van der Waals surface area (Å²) in [5, 5.41) is 7.51. The molecule has 0 N–H and O–H groups in total. The number of nitrogens with zero attached hydrogens (tertiary/aromatic N) is 5. The van der Waals surface area contributed by atoms with Crippen molar-refractivity contribution in [3.05, 3.63) is 60.2 Å². The topological polar surface area (TPSA) is 122 Å². The van der Waals surface area contributed by atoms with Crippen LogP contribution in [0, 0.1) is 0 Å². The number of imidazole rings is 1. The van der Waals surface area contributed by atoms with Crippen LogP contribution in [0.4, 0.5) is 22.0 Å². The van der Waals surface area contributed by atoms with Crippen molar-refractivity contribution in [1.82, 2.24) is 24.6 Å². The summed E-state index contributed by atoms with van der Waals surface area (Å²) in [6.07, 6.45) is -4.95. The summed E-state index contributed by atoms with van der Waals surface area (Å²) in [5.41, 5.74) is -1.61. The predicted octanol–water partition coefficient (Wildman–Crippen LogP) is 5.24. The molecular formula is C25H16F5N5O5. The largest absolute Gasteiger partial charge is 0.459 e. The molecule has 4 heterocycles. The van der Waals surface area contributed by atoms with Gasteiger partial charge in [0.05, 0.1) is 5.69 Å². The van der Waals surface area contributed by atoms with E-state index in [4.69, 9.17) is 13.9 Å². The fourth-order valence-corrected chi connectivity index (χ4v) is 4.02. The van der Waals surface area contributed by atoms with Crippen molar-refractivity contribution in [3.63, 3.8) is 0 Å². The molecule has 5 rings (SSSR count). The molecule has 0 radical (unpaired) electrons. The normalized spacial score (nSPS) is 12.2. The molecule has 1 aromatic carbocycles. The zero-order chi connectivity index (χ0) is 28.8. The third-order valence-electron chi connectivity index (χ3n) is 5.73. The molecule has 0 saturated carbocycles. The highest BCUT2D eigenvalue weighted by Gasteiger charge is 2.60. The van der Waals surface area contributed by atoms with Crippen LogP contribution in [0.25, 0.3) is 39.4 Å². The molecule has 0 aliphatic heterocycles. The van der Waals surface area contributed by atoms with Crippen molar-refractivity contribution in [2.24, 2.45) is 0 Å². The zero-order valence-corrected chi connectivity index (χ0v) is 20.5. The highest BCUT2D eigenvalue weighted by atomic mass is 19.4. The summed E-state index contributed by atoms with van der Waals surface area (Å²) in [6.45, 7) is 1.84. The van der Waals surface area contributed by atoms with E-state index in [-0.39, 0.29) is 50.8 Å². The molecule has 5 aromatic rings. The van der Waals surface area contributed by atoms with Crippen molar-refractivity contribution >= 4 is 28.6 Å². The Kier molecular flexibility index (Phi) is 6.44. The van der Waals surface area contributed by atoms with Gasteiger partial charge in [0, 0.05) is 19.2 Å². The Balaban J connectivity index is 1.84. The van der Waals surface area contributed by atoms with E-state index in [1.54, 1.807) is 0 Å². The molecule has 0 fully saturated rings. The number of esters is 2. The molecular weight excluding hydrogens is 545 g/mol. The van der Waals surface area contributed by atoms with E-state index >= 15 is 0 Å². The predicted molar refractivity (Wildman–Crippen MR) is 126 cm³/mol. The van der Waals surface area contributed by atoms with E-state index in [2.05, 4.69) is 20.2 Å². The van der Waals surface area contributed by atoms with Gasteiger partial charge in [-0.25, -0.2) is 9.97 Å². The highest BCUT2D eigenvalue weighted by Crippen LogP contribution is 2.45. The van der Waals surface area contributed by atoms with Gasteiger partial charge in [0.15, 0.2) is 5.69 Å². The van der Waals surface area contributed by atoms with Crippen molar-refractivity contribution in [2.75, 3.05) is 0 Å². The number of carbonyl (C=O) groups is 2. The number of hydrogen-bond donors (Lipinski definition) is 0.